The van der Waals surface area contributed by atoms with Crippen LogP contribution in [0.25, 0.3) is 0 Å². The second kappa shape index (κ2) is 6.67. The van der Waals surface area contributed by atoms with Crippen molar-refractivity contribution >= 4 is 29.1 Å². The van der Waals surface area contributed by atoms with Gasteiger partial charge in [0, 0.05) is 12.6 Å². The van der Waals surface area contributed by atoms with Crippen LogP contribution in [-0.2, 0) is 11.2 Å². The van der Waals surface area contributed by atoms with Crippen LogP contribution in [0.2, 0.25) is 10.0 Å². The van der Waals surface area contributed by atoms with Gasteiger partial charge >= 0.3 is 0 Å². The SMILES string of the molecule is CCC(=O)N/C=C(\C)Cc1ccc(Cl)c(Cl)c1. The van der Waals surface area contributed by atoms with E-state index >= 15 is 0 Å². The topological polar surface area (TPSA) is 29.1 Å². The van der Waals surface area contributed by atoms with Crippen LogP contribution in [0, 0.1) is 0 Å². The van der Waals surface area contributed by atoms with Gasteiger partial charge in [0.15, 0.2) is 0 Å². The van der Waals surface area contributed by atoms with Gasteiger partial charge in [-0.15, -0.1) is 0 Å². The summed E-state index contributed by atoms with van der Waals surface area (Å²) in [5, 5.41) is 3.82. The highest BCUT2D eigenvalue weighted by Crippen LogP contribution is 2.23. The molecule has 4 heteroatoms. The summed E-state index contributed by atoms with van der Waals surface area (Å²) in [4.78, 5) is 11.1. The highest BCUT2D eigenvalue weighted by atomic mass is 35.5. The Morgan fingerprint density at radius 2 is 2.06 bits per heavy atom. The predicted octanol–water partition coefficient (Wildman–Crippen LogP) is 3.97. The molecule has 0 atom stereocenters. The average molecular weight is 272 g/mol. The van der Waals surface area contributed by atoms with Gasteiger partial charge in [-0.3, -0.25) is 4.79 Å². The van der Waals surface area contributed by atoms with Gasteiger partial charge in [-0.05, 0) is 31.0 Å². The zero-order chi connectivity index (χ0) is 12.8. The molecule has 0 saturated heterocycles. The van der Waals surface area contributed by atoms with Crippen LogP contribution in [0.3, 0.4) is 0 Å². The smallest absolute Gasteiger partial charge is 0.223 e. The number of halogens is 2. The molecule has 92 valence electrons. The number of hydrogen-bond donors (Lipinski definition) is 1. The summed E-state index contributed by atoms with van der Waals surface area (Å²) >= 11 is 11.8. The Balaban J connectivity index is 2.64. The zero-order valence-electron chi connectivity index (χ0n) is 9.89. The molecule has 0 aliphatic rings. The van der Waals surface area contributed by atoms with E-state index in [1.807, 2.05) is 26.0 Å². The lowest BCUT2D eigenvalue weighted by molar-refractivity contribution is -0.119. The van der Waals surface area contributed by atoms with Gasteiger partial charge in [-0.1, -0.05) is 41.8 Å². The van der Waals surface area contributed by atoms with Crippen LogP contribution in [0.5, 0.6) is 0 Å². The third-order valence-electron chi connectivity index (χ3n) is 2.27. The van der Waals surface area contributed by atoms with Crippen molar-refractivity contribution in [2.45, 2.75) is 26.7 Å². The molecule has 0 spiro atoms. The molecule has 1 aromatic carbocycles. The maximum atomic E-state index is 11.1. The van der Waals surface area contributed by atoms with Gasteiger partial charge in [-0.2, -0.15) is 0 Å². The number of allylic oxidation sites excluding steroid dienone is 1. The summed E-state index contributed by atoms with van der Waals surface area (Å²) in [6.45, 7) is 3.77. The van der Waals surface area contributed by atoms with E-state index in [4.69, 9.17) is 23.2 Å². The Hall–Kier alpha value is -0.990. The van der Waals surface area contributed by atoms with Crippen molar-refractivity contribution < 1.29 is 4.79 Å². The van der Waals surface area contributed by atoms with E-state index in [-0.39, 0.29) is 5.91 Å². The number of amides is 1. The lowest BCUT2D eigenvalue weighted by atomic mass is 10.1. The predicted molar refractivity (Wildman–Crippen MR) is 72.4 cm³/mol. The van der Waals surface area contributed by atoms with Crippen LogP contribution in [0.1, 0.15) is 25.8 Å². The monoisotopic (exact) mass is 271 g/mol. The van der Waals surface area contributed by atoms with Crippen molar-refractivity contribution in [3.05, 3.63) is 45.6 Å². The van der Waals surface area contributed by atoms with Crippen LogP contribution in [0.15, 0.2) is 30.0 Å². The summed E-state index contributed by atoms with van der Waals surface area (Å²) in [6, 6.07) is 5.53. The van der Waals surface area contributed by atoms with Gasteiger partial charge in [0.25, 0.3) is 0 Å². The molecule has 0 fully saturated rings. The Morgan fingerprint density at radius 3 is 2.65 bits per heavy atom. The van der Waals surface area contributed by atoms with Gasteiger partial charge in [0.2, 0.25) is 5.91 Å². The first-order chi connectivity index (χ1) is 8.02. The number of carbonyl (C=O) groups is 1. The maximum absolute atomic E-state index is 11.1. The van der Waals surface area contributed by atoms with Crippen molar-refractivity contribution in [3.8, 4) is 0 Å². The molecule has 1 N–H and O–H groups in total. The van der Waals surface area contributed by atoms with E-state index in [1.54, 1.807) is 12.3 Å². The largest absolute Gasteiger partial charge is 0.333 e. The first-order valence-electron chi connectivity index (χ1n) is 5.42. The molecule has 0 aliphatic heterocycles. The lowest BCUT2D eigenvalue weighted by Gasteiger charge is -2.04. The summed E-state index contributed by atoms with van der Waals surface area (Å²) in [6.07, 6.45) is 2.95. The van der Waals surface area contributed by atoms with E-state index in [2.05, 4.69) is 5.32 Å². The van der Waals surface area contributed by atoms with Crippen molar-refractivity contribution in [2.24, 2.45) is 0 Å². The fraction of sp³-hybridized carbons (Fsp3) is 0.308. The number of carbonyl (C=O) groups excluding carboxylic acids is 1. The van der Waals surface area contributed by atoms with Crippen molar-refractivity contribution in [3.63, 3.8) is 0 Å². The molecule has 0 heterocycles. The summed E-state index contributed by atoms with van der Waals surface area (Å²) in [5.41, 5.74) is 2.13. The highest BCUT2D eigenvalue weighted by Gasteiger charge is 2.01. The highest BCUT2D eigenvalue weighted by molar-refractivity contribution is 6.42. The first-order valence-corrected chi connectivity index (χ1v) is 6.17. The fourth-order valence-corrected chi connectivity index (χ4v) is 1.65. The molecule has 0 unspecified atom stereocenters. The molecule has 17 heavy (non-hydrogen) atoms. The molecule has 1 aromatic rings. The molecule has 1 amide bonds. The van der Waals surface area contributed by atoms with Crippen molar-refractivity contribution in [1.82, 2.24) is 5.32 Å². The molecular formula is C13H15Cl2NO. The Bertz CT molecular complexity index is 441. The molecule has 1 rings (SSSR count). The van der Waals surface area contributed by atoms with Crippen molar-refractivity contribution in [1.29, 1.82) is 0 Å². The van der Waals surface area contributed by atoms with Gasteiger partial charge in [-0.25, -0.2) is 0 Å². The van der Waals surface area contributed by atoms with E-state index in [1.165, 1.54) is 0 Å². The van der Waals surface area contributed by atoms with E-state index in [0.29, 0.717) is 16.5 Å². The lowest BCUT2D eigenvalue weighted by Crippen LogP contribution is -2.15. The molecule has 0 saturated carbocycles. The van der Waals surface area contributed by atoms with Gasteiger partial charge in [0.1, 0.15) is 0 Å². The Morgan fingerprint density at radius 1 is 1.35 bits per heavy atom. The minimum Gasteiger partial charge on any atom is -0.333 e. The van der Waals surface area contributed by atoms with Crippen LogP contribution < -0.4 is 5.32 Å². The Kier molecular flexibility index (Phi) is 5.52. The van der Waals surface area contributed by atoms with Gasteiger partial charge < -0.3 is 5.32 Å². The Labute approximate surface area is 112 Å². The summed E-state index contributed by atoms with van der Waals surface area (Å²) < 4.78 is 0. The number of benzene rings is 1. The minimum absolute atomic E-state index is 0.0125. The second-order valence-corrected chi connectivity index (χ2v) is 4.65. The van der Waals surface area contributed by atoms with E-state index in [0.717, 1.165) is 17.6 Å². The van der Waals surface area contributed by atoms with Crippen LogP contribution in [0.4, 0.5) is 0 Å². The number of rotatable bonds is 4. The van der Waals surface area contributed by atoms with E-state index in [9.17, 15) is 4.79 Å². The maximum Gasteiger partial charge on any atom is 0.223 e. The number of nitrogens with one attached hydrogen (secondary N) is 1. The average Bonchev–Trinajstić information content (AvgIpc) is 2.31. The third-order valence-corrected chi connectivity index (χ3v) is 3.01. The fourth-order valence-electron chi connectivity index (χ4n) is 1.33. The van der Waals surface area contributed by atoms with Crippen LogP contribution >= 0.6 is 23.2 Å². The van der Waals surface area contributed by atoms with Crippen molar-refractivity contribution in [2.75, 3.05) is 0 Å². The van der Waals surface area contributed by atoms with Crippen LogP contribution in [-0.4, -0.2) is 5.91 Å². The molecule has 0 aliphatic carbocycles. The summed E-state index contributed by atoms with van der Waals surface area (Å²) in [7, 11) is 0. The van der Waals surface area contributed by atoms with E-state index < -0.39 is 0 Å². The van der Waals surface area contributed by atoms with Gasteiger partial charge in [0.05, 0.1) is 10.0 Å². The molecule has 0 radical (unpaired) electrons. The quantitative estimate of drug-likeness (QED) is 0.882. The third kappa shape index (κ3) is 4.80. The first kappa shape index (κ1) is 14.1. The normalized spacial score (nSPS) is 11.4. The molecule has 0 bridgehead atoms. The standard InChI is InChI=1S/C13H15Cl2NO/c1-3-13(17)16-8-9(2)6-10-4-5-11(14)12(15)7-10/h4-5,7-8H,3,6H2,1-2H3,(H,16,17)/b9-8+. The zero-order valence-corrected chi connectivity index (χ0v) is 11.4. The second-order valence-electron chi connectivity index (χ2n) is 3.84. The number of hydrogen-bond acceptors (Lipinski definition) is 1. The molecular weight excluding hydrogens is 257 g/mol. The summed E-state index contributed by atoms with van der Waals surface area (Å²) in [5.74, 6) is 0.0125. The minimum atomic E-state index is 0.0125. The molecule has 0 aromatic heterocycles. The molecule has 2 nitrogen and oxygen atoms in total.